The molecule has 2 rings (SSSR count). The lowest BCUT2D eigenvalue weighted by molar-refractivity contribution is -0.120. The Labute approximate surface area is 107 Å². The van der Waals surface area contributed by atoms with Crippen molar-refractivity contribution in [3.8, 4) is 0 Å². The molecule has 6 heteroatoms. The summed E-state index contributed by atoms with van der Waals surface area (Å²) in [6.07, 6.45) is 3.40. The van der Waals surface area contributed by atoms with Gasteiger partial charge in [0.2, 0.25) is 5.91 Å². The van der Waals surface area contributed by atoms with Crippen molar-refractivity contribution in [1.82, 2.24) is 25.4 Å². The summed E-state index contributed by atoms with van der Waals surface area (Å²) in [4.78, 5) is 11.5. The van der Waals surface area contributed by atoms with E-state index in [1.807, 2.05) is 13.8 Å². The summed E-state index contributed by atoms with van der Waals surface area (Å²) < 4.78 is 2.16. The molecule has 2 heterocycles. The Morgan fingerprint density at radius 3 is 3.00 bits per heavy atom. The first-order valence-electron chi connectivity index (χ1n) is 6.58. The summed E-state index contributed by atoms with van der Waals surface area (Å²) >= 11 is 0. The molecule has 100 valence electrons. The average Bonchev–Trinajstić information content (AvgIpc) is 2.72. The van der Waals surface area contributed by atoms with Crippen LogP contribution in [0.2, 0.25) is 0 Å². The van der Waals surface area contributed by atoms with Crippen molar-refractivity contribution in [1.29, 1.82) is 0 Å². The SMILES string of the molecule is CC(C)NC(=O)CNCc1nnc2n1CCCC2. The molecule has 0 spiro atoms. The standard InChI is InChI=1S/C12H21N5O/c1-9(2)14-12(18)8-13-7-11-16-15-10-5-3-4-6-17(10)11/h9,13H,3-8H2,1-2H3,(H,14,18). The van der Waals surface area contributed by atoms with Gasteiger partial charge in [0.25, 0.3) is 0 Å². The zero-order chi connectivity index (χ0) is 13.0. The number of fused-ring (bicyclic) bond motifs is 1. The summed E-state index contributed by atoms with van der Waals surface area (Å²) in [6.45, 7) is 5.82. The van der Waals surface area contributed by atoms with Crippen molar-refractivity contribution in [2.24, 2.45) is 0 Å². The first-order valence-corrected chi connectivity index (χ1v) is 6.58. The molecule has 0 fully saturated rings. The van der Waals surface area contributed by atoms with E-state index in [2.05, 4.69) is 25.4 Å². The molecule has 1 aromatic heterocycles. The lowest BCUT2D eigenvalue weighted by Crippen LogP contribution is -2.37. The lowest BCUT2D eigenvalue weighted by atomic mass is 10.2. The number of aryl methyl sites for hydroxylation is 1. The smallest absolute Gasteiger partial charge is 0.234 e. The normalized spacial score (nSPS) is 14.6. The van der Waals surface area contributed by atoms with Crippen LogP contribution in [0.25, 0.3) is 0 Å². The zero-order valence-corrected chi connectivity index (χ0v) is 11.1. The van der Waals surface area contributed by atoms with E-state index in [1.54, 1.807) is 0 Å². The molecule has 0 radical (unpaired) electrons. The topological polar surface area (TPSA) is 71.8 Å². The molecule has 1 amide bonds. The van der Waals surface area contributed by atoms with Gasteiger partial charge >= 0.3 is 0 Å². The van der Waals surface area contributed by atoms with E-state index >= 15 is 0 Å². The summed E-state index contributed by atoms with van der Waals surface area (Å²) in [5.74, 6) is 2.02. The number of nitrogens with one attached hydrogen (secondary N) is 2. The Kier molecular flexibility index (Phi) is 4.30. The molecule has 1 aromatic rings. The Balaban J connectivity index is 1.80. The molecular weight excluding hydrogens is 230 g/mol. The van der Waals surface area contributed by atoms with Crippen molar-refractivity contribution in [3.63, 3.8) is 0 Å². The predicted octanol–water partition coefficient (Wildman–Crippen LogP) is 0.229. The summed E-state index contributed by atoms with van der Waals surface area (Å²) in [7, 11) is 0. The molecule has 18 heavy (non-hydrogen) atoms. The molecule has 0 aliphatic carbocycles. The van der Waals surface area contributed by atoms with Gasteiger partial charge in [-0.25, -0.2) is 0 Å². The van der Waals surface area contributed by atoms with Crippen LogP contribution in [-0.2, 0) is 24.3 Å². The fourth-order valence-electron chi connectivity index (χ4n) is 2.16. The van der Waals surface area contributed by atoms with Crippen LogP contribution in [0.15, 0.2) is 0 Å². The van der Waals surface area contributed by atoms with Crippen molar-refractivity contribution in [3.05, 3.63) is 11.6 Å². The van der Waals surface area contributed by atoms with E-state index in [0.717, 1.165) is 24.6 Å². The van der Waals surface area contributed by atoms with Gasteiger partial charge in [-0.2, -0.15) is 0 Å². The first kappa shape index (κ1) is 13.0. The van der Waals surface area contributed by atoms with Crippen LogP contribution < -0.4 is 10.6 Å². The highest BCUT2D eigenvalue weighted by Crippen LogP contribution is 2.13. The van der Waals surface area contributed by atoms with Gasteiger partial charge in [0.1, 0.15) is 11.6 Å². The fourth-order valence-corrected chi connectivity index (χ4v) is 2.16. The molecule has 0 aromatic carbocycles. The van der Waals surface area contributed by atoms with Crippen LogP contribution in [0, 0.1) is 0 Å². The molecule has 0 atom stereocenters. The largest absolute Gasteiger partial charge is 0.353 e. The maximum absolute atomic E-state index is 11.5. The van der Waals surface area contributed by atoms with Crippen LogP contribution >= 0.6 is 0 Å². The van der Waals surface area contributed by atoms with Gasteiger partial charge in [0.05, 0.1) is 13.1 Å². The minimum Gasteiger partial charge on any atom is -0.353 e. The summed E-state index contributed by atoms with van der Waals surface area (Å²) in [5.41, 5.74) is 0. The van der Waals surface area contributed by atoms with Gasteiger partial charge in [-0.15, -0.1) is 10.2 Å². The molecule has 1 aliphatic heterocycles. The second kappa shape index (κ2) is 5.95. The Morgan fingerprint density at radius 1 is 1.39 bits per heavy atom. The molecule has 6 nitrogen and oxygen atoms in total. The highest BCUT2D eigenvalue weighted by molar-refractivity contribution is 5.78. The molecule has 2 N–H and O–H groups in total. The number of aromatic nitrogens is 3. The van der Waals surface area contributed by atoms with Crippen LogP contribution in [-0.4, -0.2) is 33.3 Å². The third-order valence-corrected chi connectivity index (χ3v) is 2.95. The van der Waals surface area contributed by atoms with Gasteiger partial charge in [-0.05, 0) is 26.7 Å². The zero-order valence-electron chi connectivity index (χ0n) is 11.1. The Hall–Kier alpha value is -1.43. The predicted molar refractivity (Wildman–Crippen MR) is 67.9 cm³/mol. The monoisotopic (exact) mass is 251 g/mol. The number of amides is 1. The number of carbonyl (C=O) groups is 1. The van der Waals surface area contributed by atoms with Crippen molar-refractivity contribution >= 4 is 5.91 Å². The van der Waals surface area contributed by atoms with Gasteiger partial charge in [0.15, 0.2) is 0 Å². The van der Waals surface area contributed by atoms with Crippen molar-refractivity contribution in [2.75, 3.05) is 6.54 Å². The van der Waals surface area contributed by atoms with Gasteiger partial charge in [0, 0.05) is 19.0 Å². The molecule has 0 saturated carbocycles. The Bertz CT molecular complexity index is 413. The van der Waals surface area contributed by atoms with Gasteiger partial charge in [-0.3, -0.25) is 4.79 Å². The van der Waals surface area contributed by atoms with Crippen LogP contribution in [0.1, 0.15) is 38.3 Å². The van der Waals surface area contributed by atoms with Crippen LogP contribution in [0.4, 0.5) is 0 Å². The van der Waals surface area contributed by atoms with E-state index < -0.39 is 0 Å². The highest BCUT2D eigenvalue weighted by Gasteiger charge is 2.15. The van der Waals surface area contributed by atoms with Crippen molar-refractivity contribution in [2.45, 2.75) is 52.2 Å². The van der Waals surface area contributed by atoms with E-state index in [4.69, 9.17) is 0 Å². The lowest BCUT2D eigenvalue weighted by Gasteiger charge is -2.15. The Morgan fingerprint density at radius 2 is 2.22 bits per heavy atom. The number of hydrogen-bond acceptors (Lipinski definition) is 4. The quantitative estimate of drug-likeness (QED) is 0.786. The highest BCUT2D eigenvalue weighted by atomic mass is 16.1. The van der Waals surface area contributed by atoms with E-state index in [-0.39, 0.29) is 11.9 Å². The third kappa shape index (κ3) is 3.29. The van der Waals surface area contributed by atoms with Crippen molar-refractivity contribution < 1.29 is 4.79 Å². The van der Waals surface area contributed by atoms with Gasteiger partial charge < -0.3 is 15.2 Å². The molecule has 0 bridgehead atoms. The maximum atomic E-state index is 11.5. The molecule has 0 saturated heterocycles. The number of carbonyl (C=O) groups excluding carboxylic acids is 1. The fraction of sp³-hybridized carbons (Fsp3) is 0.750. The van der Waals surface area contributed by atoms with E-state index in [1.165, 1.54) is 12.8 Å². The molecule has 1 aliphatic rings. The number of nitrogens with zero attached hydrogens (tertiary/aromatic N) is 3. The van der Waals surface area contributed by atoms with E-state index in [0.29, 0.717) is 13.1 Å². The summed E-state index contributed by atoms with van der Waals surface area (Å²) in [6, 6.07) is 0.181. The summed E-state index contributed by atoms with van der Waals surface area (Å²) in [5, 5.41) is 14.3. The van der Waals surface area contributed by atoms with Gasteiger partial charge in [-0.1, -0.05) is 0 Å². The maximum Gasteiger partial charge on any atom is 0.234 e. The minimum atomic E-state index is 0.0170. The first-order chi connectivity index (χ1) is 8.66. The second-order valence-corrected chi connectivity index (χ2v) is 4.97. The van der Waals surface area contributed by atoms with E-state index in [9.17, 15) is 4.79 Å². The average molecular weight is 251 g/mol. The molecule has 0 unspecified atom stereocenters. The second-order valence-electron chi connectivity index (χ2n) is 4.97. The molecular formula is C12H21N5O. The van der Waals surface area contributed by atoms with Crippen LogP contribution in [0.5, 0.6) is 0 Å². The van der Waals surface area contributed by atoms with Crippen LogP contribution in [0.3, 0.4) is 0 Å². The number of hydrogen-bond donors (Lipinski definition) is 2. The number of rotatable bonds is 5. The third-order valence-electron chi connectivity index (χ3n) is 2.95. The minimum absolute atomic E-state index is 0.0170.